The van der Waals surface area contributed by atoms with Crippen LogP contribution in [0.15, 0.2) is 59.7 Å². The van der Waals surface area contributed by atoms with Crippen LogP contribution in [0.25, 0.3) is 0 Å². The van der Waals surface area contributed by atoms with Crippen LogP contribution in [0.4, 0.5) is 11.6 Å². The summed E-state index contributed by atoms with van der Waals surface area (Å²) < 4.78 is 0. The van der Waals surface area contributed by atoms with E-state index >= 15 is 0 Å². The molecule has 3 rings (SSSR count). The Bertz CT molecular complexity index is 813. The Balaban J connectivity index is 1.87. The zero-order valence-electron chi connectivity index (χ0n) is 12.2. The number of aryl methyl sites for hydroxylation is 1. The largest absolute Gasteiger partial charge is 0.326 e. The van der Waals surface area contributed by atoms with Gasteiger partial charge in [-0.15, -0.1) is 0 Å². The van der Waals surface area contributed by atoms with Gasteiger partial charge in [-0.3, -0.25) is 14.8 Å². The molecule has 0 radical (unpaired) electrons. The molecule has 0 saturated carbocycles. The van der Waals surface area contributed by atoms with E-state index in [4.69, 9.17) is 0 Å². The highest BCUT2D eigenvalue weighted by Gasteiger charge is 2.09. The van der Waals surface area contributed by atoms with Crippen LogP contribution in [0.3, 0.4) is 0 Å². The fourth-order valence-corrected chi connectivity index (χ4v) is 2.24. The predicted octanol–water partition coefficient (Wildman–Crippen LogP) is 2.81. The molecule has 3 aromatic rings. The minimum Gasteiger partial charge on any atom is -0.326 e. The molecule has 22 heavy (non-hydrogen) atoms. The fraction of sp³-hybridized carbons (Fsp3) is 0.118. The Hall–Kier alpha value is -2.95. The number of hydrogen-bond acceptors (Lipinski definition) is 4. The minimum atomic E-state index is -0.130. The van der Waals surface area contributed by atoms with Crippen LogP contribution in [0, 0.1) is 6.92 Å². The van der Waals surface area contributed by atoms with Gasteiger partial charge < -0.3 is 5.32 Å². The number of H-pyrrole nitrogens is 1. The summed E-state index contributed by atoms with van der Waals surface area (Å²) in [5, 5.41) is 3.10. The Labute approximate surface area is 128 Å². The molecule has 1 aromatic carbocycles. The minimum absolute atomic E-state index is 0.130. The van der Waals surface area contributed by atoms with Gasteiger partial charge >= 0.3 is 0 Å². The van der Waals surface area contributed by atoms with Gasteiger partial charge in [0.05, 0.1) is 5.69 Å². The molecule has 0 unspecified atom stereocenters. The van der Waals surface area contributed by atoms with Crippen LogP contribution in [0.5, 0.6) is 0 Å². The zero-order chi connectivity index (χ0) is 15.4. The molecule has 0 aliphatic rings. The summed E-state index contributed by atoms with van der Waals surface area (Å²) >= 11 is 0. The van der Waals surface area contributed by atoms with Crippen molar-refractivity contribution in [1.82, 2.24) is 15.0 Å². The van der Waals surface area contributed by atoms with E-state index < -0.39 is 0 Å². The van der Waals surface area contributed by atoms with Crippen LogP contribution in [-0.4, -0.2) is 15.0 Å². The fourth-order valence-electron chi connectivity index (χ4n) is 2.24. The Morgan fingerprint density at radius 1 is 1.14 bits per heavy atom. The van der Waals surface area contributed by atoms with Gasteiger partial charge in [-0.2, -0.15) is 0 Å². The first kappa shape index (κ1) is 14.0. The molecule has 0 atom stereocenters. The van der Waals surface area contributed by atoms with E-state index in [2.05, 4.69) is 20.3 Å². The Kier molecular flexibility index (Phi) is 3.96. The van der Waals surface area contributed by atoms with Crippen molar-refractivity contribution >= 4 is 11.6 Å². The number of para-hydroxylation sites is 1. The van der Waals surface area contributed by atoms with Crippen LogP contribution in [0.2, 0.25) is 0 Å². The van der Waals surface area contributed by atoms with Crippen LogP contribution >= 0.6 is 0 Å². The van der Waals surface area contributed by atoms with Crippen molar-refractivity contribution in [3.8, 4) is 0 Å². The average molecular weight is 292 g/mol. The summed E-state index contributed by atoms with van der Waals surface area (Å²) in [5.41, 5.74) is 3.11. The molecule has 0 aliphatic carbocycles. The number of aromatic amines is 1. The van der Waals surface area contributed by atoms with Crippen LogP contribution < -0.4 is 10.9 Å². The summed E-state index contributed by atoms with van der Waals surface area (Å²) in [6, 6.07) is 13.4. The van der Waals surface area contributed by atoms with E-state index in [0.29, 0.717) is 23.6 Å². The molecule has 2 N–H and O–H groups in total. The highest BCUT2D eigenvalue weighted by Crippen LogP contribution is 2.13. The van der Waals surface area contributed by atoms with Gasteiger partial charge in [-0.05, 0) is 30.7 Å². The number of nitrogens with one attached hydrogen (secondary N) is 2. The van der Waals surface area contributed by atoms with E-state index in [0.717, 1.165) is 11.3 Å². The molecule has 5 nitrogen and oxygen atoms in total. The van der Waals surface area contributed by atoms with Crippen molar-refractivity contribution in [1.29, 1.82) is 0 Å². The molecule has 2 heterocycles. The molecular formula is C17H16N4O. The first-order chi connectivity index (χ1) is 10.7. The van der Waals surface area contributed by atoms with Gasteiger partial charge in [0, 0.05) is 30.1 Å². The van der Waals surface area contributed by atoms with E-state index in [1.807, 2.05) is 49.4 Å². The van der Waals surface area contributed by atoms with Crippen molar-refractivity contribution < 1.29 is 0 Å². The predicted molar refractivity (Wildman–Crippen MR) is 86.4 cm³/mol. The van der Waals surface area contributed by atoms with E-state index in [-0.39, 0.29) is 5.56 Å². The zero-order valence-corrected chi connectivity index (χ0v) is 12.2. The van der Waals surface area contributed by atoms with Crippen molar-refractivity contribution in [2.45, 2.75) is 13.3 Å². The van der Waals surface area contributed by atoms with Crippen molar-refractivity contribution in [2.75, 3.05) is 5.32 Å². The second kappa shape index (κ2) is 6.22. The standard InChI is InChI=1S/C17H16N4O/c1-12-15(10-13-6-5-9-18-11-13)16(22)21-17(19-12)20-14-7-3-2-4-8-14/h2-9,11H,10H2,1H3,(H2,19,20,21,22). The SMILES string of the molecule is Cc1nc(Nc2ccccc2)[nH]c(=O)c1Cc1cccnc1. The first-order valence-corrected chi connectivity index (χ1v) is 7.03. The molecular weight excluding hydrogens is 276 g/mol. The number of aromatic nitrogens is 3. The average Bonchev–Trinajstić information content (AvgIpc) is 2.53. The normalized spacial score (nSPS) is 10.4. The summed E-state index contributed by atoms with van der Waals surface area (Å²) in [4.78, 5) is 23.6. The Morgan fingerprint density at radius 3 is 2.64 bits per heavy atom. The monoisotopic (exact) mass is 292 g/mol. The van der Waals surface area contributed by atoms with Gasteiger partial charge in [0.25, 0.3) is 5.56 Å². The third-order valence-corrected chi connectivity index (χ3v) is 3.36. The van der Waals surface area contributed by atoms with Gasteiger partial charge in [0.1, 0.15) is 0 Å². The number of rotatable bonds is 4. The number of benzene rings is 1. The smallest absolute Gasteiger partial charge is 0.256 e. The lowest BCUT2D eigenvalue weighted by Gasteiger charge is -2.09. The topological polar surface area (TPSA) is 70.7 Å². The van der Waals surface area contributed by atoms with Crippen LogP contribution in [-0.2, 0) is 6.42 Å². The summed E-state index contributed by atoms with van der Waals surface area (Å²) in [6.07, 6.45) is 3.99. The lowest BCUT2D eigenvalue weighted by molar-refractivity contribution is 0.981. The van der Waals surface area contributed by atoms with E-state index in [1.165, 1.54) is 0 Å². The highest BCUT2D eigenvalue weighted by molar-refractivity contribution is 5.52. The highest BCUT2D eigenvalue weighted by atomic mass is 16.1. The third-order valence-electron chi connectivity index (χ3n) is 3.36. The van der Waals surface area contributed by atoms with Crippen molar-refractivity contribution in [3.63, 3.8) is 0 Å². The van der Waals surface area contributed by atoms with E-state index in [9.17, 15) is 4.79 Å². The number of hydrogen-bond donors (Lipinski definition) is 2. The molecule has 5 heteroatoms. The molecule has 0 aliphatic heterocycles. The molecule has 2 aromatic heterocycles. The number of nitrogens with zero attached hydrogens (tertiary/aromatic N) is 2. The van der Waals surface area contributed by atoms with Crippen LogP contribution in [0.1, 0.15) is 16.8 Å². The summed E-state index contributed by atoms with van der Waals surface area (Å²) in [5.74, 6) is 0.448. The number of anilines is 2. The Morgan fingerprint density at radius 2 is 1.95 bits per heavy atom. The second-order valence-electron chi connectivity index (χ2n) is 5.01. The second-order valence-corrected chi connectivity index (χ2v) is 5.01. The molecule has 110 valence electrons. The quantitative estimate of drug-likeness (QED) is 0.775. The maximum absolute atomic E-state index is 12.3. The lowest BCUT2D eigenvalue weighted by Crippen LogP contribution is -2.18. The molecule has 0 amide bonds. The van der Waals surface area contributed by atoms with Gasteiger partial charge in [-0.1, -0.05) is 24.3 Å². The summed E-state index contributed by atoms with van der Waals surface area (Å²) in [6.45, 7) is 1.84. The van der Waals surface area contributed by atoms with Gasteiger partial charge in [-0.25, -0.2) is 4.98 Å². The van der Waals surface area contributed by atoms with Gasteiger partial charge in [0.2, 0.25) is 5.95 Å². The third kappa shape index (κ3) is 3.20. The molecule has 0 spiro atoms. The maximum atomic E-state index is 12.3. The number of pyridine rings is 1. The molecule has 0 bridgehead atoms. The molecule has 0 saturated heterocycles. The summed E-state index contributed by atoms with van der Waals surface area (Å²) in [7, 11) is 0. The van der Waals surface area contributed by atoms with E-state index in [1.54, 1.807) is 12.4 Å². The lowest BCUT2D eigenvalue weighted by atomic mass is 10.1. The first-order valence-electron chi connectivity index (χ1n) is 7.03. The van der Waals surface area contributed by atoms with Crippen molar-refractivity contribution in [2.24, 2.45) is 0 Å². The van der Waals surface area contributed by atoms with Gasteiger partial charge in [0.15, 0.2) is 0 Å². The maximum Gasteiger partial charge on any atom is 0.256 e. The molecule has 0 fully saturated rings. The van der Waals surface area contributed by atoms with Crippen molar-refractivity contribution in [3.05, 3.63) is 82.0 Å².